The Balaban J connectivity index is 0.00000200. The molecular formula is C15H26IN3S. The summed E-state index contributed by atoms with van der Waals surface area (Å²) in [6.07, 6.45) is 5.26. The van der Waals surface area contributed by atoms with Crippen LogP contribution < -0.4 is 10.6 Å². The molecule has 0 spiro atoms. The van der Waals surface area contributed by atoms with Crippen LogP contribution in [0.1, 0.15) is 51.0 Å². The van der Waals surface area contributed by atoms with E-state index < -0.39 is 0 Å². The second kappa shape index (κ2) is 9.60. The van der Waals surface area contributed by atoms with E-state index in [0.29, 0.717) is 12.0 Å². The van der Waals surface area contributed by atoms with Crippen molar-refractivity contribution in [1.82, 2.24) is 10.6 Å². The van der Waals surface area contributed by atoms with Crippen LogP contribution in [0, 0.1) is 0 Å². The van der Waals surface area contributed by atoms with Crippen LogP contribution in [0.4, 0.5) is 0 Å². The minimum atomic E-state index is 0. The van der Waals surface area contributed by atoms with Crippen molar-refractivity contribution in [2.24, 2.45) is 4.99 Å². The Morgan fingerprint density at radius 1 is 1.45 bits per heavy atom. The van der Waals surface area contributed by atoms with Crippen molar-refractivity contribution in [3.05, 3.63) is 22.4 Å². The smallest absolute Gasteiger partial charge is 0.191 e. The average Bonchev–Trinajstić information content (AvgIpc) is 3.08. The standard InChI is InChI=1S/C15H25N3S.HI/c1-3-16-15(18-14-6-4-5-7-14)17-10-12(2)13-8-9-19-11-13;/h8-9,11-12,14H,3-7,10H2,1-2H3,(H2,16,17,18);1H. The van der Waals surface area contributed by atoms with E-state index in [4.69, 9.17) is 4.99 Å². The van der Waals surface area contributed by atoms with Crippen LogP contribution >= 0.6 is 35.3 Å². The SMILES string of the molecule is CCNC(=NCC(C)c1ccsc1)NC1CCCC1.I. The number of halogens is 1. The highest BCUT2D eigenvalue weighted by Gasteiger charge is 2.16. The van der Waals surface area contributed by atoms with Gasteiger partial charge in [-0.2, -0.15) is 11.3 Å². The summed E-state index contributed by atoms with van der Waals surface area (Å²) in [5.74, 6) is 1.47. The lowest BCUT2D eigenvalue weighted by atomic mass is 10.1. The number of thiophene rings is 1. The van der Waals surface area contributed by atoms with E-state index in [1.807, 2.05) is 0 Å². The molecule has 0 bridgehead atoms. The molecule has 5 heteroatoms. The van der Waals surface area contributed by atoms with E-state index in [2.05, 4.69) is 41.3 Å². The summed E-state index contributed by atoms with van der Waals surface area (Å²) in [6.45, 7) is 6.13. The van der Waals surface area contributed by atoms with Crippen molar-refractivity contribution in [3.8, 4) is 0 Å². The van der Waals surface area contributed by atoms with Crippen molar-refractivity contribution in [3.63, 3.8) is 0 Å². The predicted octanol–water partition coefficient (Wildman–Crippen LogP) is 3.97. The quantitative estimate of drug-likeness (QED) is 0.440. The molecule has 0 aromatic carbocycles. The van der Waals surface area contributed by atoms with Gasteiger partial charge in [0.25, 0.3) is 0 Å². The highest BCUT2D eigenvalue weighted by atomic mass is 127. The van der Waals surface area contributed by atoms with Gasteiger partial charge in [0.15, 0.2) is 5.96 Å². The minimum absolute atomic E-state index is 0. The molecule has 0 radical (unpaired) electrons. The Bertz CT molecular complexity index is 386. The highest BCUT2D eigenvalue weighted by molar-refractivity contribution is 14.0. The summed E-state index contributed by atoms with van der Waals surface area (Å²) in [4.78, 5) is 4.73. The summed E-state index contributed by atoms with van der Waals surface area (Å²) in [5.41, 5.74) is 1.39. The van der Waals surface area contributed by atoms with Gasteiger partial charge in [-0.15, -0.1) is 24.0 Å². The molecule has 1 aromatic heterocycles. The molecule has 3 nitrogen and oxygen atoms in total. The van der Waals surface area contributed by atoms with E-state index in [0.717, 1.165) is 19.0 Å². The number of hydrogen-bond acceptors (Lipinski definition) is 2. The third kappa shape index (κ3) is 5.60. The topological polar surface area (TPSA) is 36.4 Å². The monoisotopic (exact) mass is 407 g/mol. The Hall–Kier alpha value is -0.300. The fourth-order valence-corrected chi connectivity index (χ4v) is 3.25. The van der Waals surface area contributed by atoms with Crippen LogP contribution in [0.5, 0.6) is 0 Å². The van der Waals surface area contributed by atoms with Crippen molar-refractivity contribution in [2.45, 2.75) is 51.5 Å². The maximum Gasteiger partial charge on any atom is 0.191 e. The molecule has 1 saturated carbocycles. The van der Waals surface area contributed by atoms with Crippen molar-refractivity contribution < 1.29 is 0 Å². The molecule has 0 saturated heterocycles. The van der Waals surface area contributed by atoms with Crippen molar-refractivity contribution in [1.29, 1.82) is 0 Å². The molecule has 0 aliphatic heterocycles. The van der Waals surface area contributed by atoms with Gasteiger partial charge < -0.3 is 10.6 Å². The van der Waals surface area contributed by atoms with Crippen LogP contribution in [0.25, 0.3) is 0 Å². The number of rotatable bonds is 5. The van der Waals surface area contributed by atoms with Gasteiger partial charge in [0, 0.05) is 25.0 Å². The first-order valence-corrected chi connectivity index (χ1v) is 8.30. The fraction of sp³-hybridized carbons (Fsp3) is 0.667. The summed E-state index contributed by atoms with van der Waals surface area (Å²) in [6, 6.07) is 2.82. The zero-order chi connectivity index (χ0) is 13.5. The Morgan fingerprint density at radius 3 is 2.80 bits per heavy atom. The normalized spacial score (nSPS) is 17.6. The van der Waals surface area contributed by atoms with Gasteiger partial charge in [-0.25, -0.2) is 0 Å². The molecule has 0 amide bonds. The Morgan fingerprint density at radius 2 is 2.20 bits per heavy atom. The zero-order valence-electron chi connectivity index (χ0n) is 12.4. The lowest BCUT2D eigenvalue weighted by molar-refractivity contribution is 0.611. The van der Waals surface area contributed by atoms with Crippen LogP contribution in [0.15, 0.2) is 21.8 Å². The summed E-state index contributed by atoms with van der Waals surface area (Å²) in [5, 5.41) is 11.3. The number of aliphatic imine (C=N–C) groups is 1. The molecular weight excluding hydrogens is 381 g/mol. The molecule has 1 atom stereocenters. The number of nitrogens with one attached hydrogen (secondary N) is 2. The maximum atomic E-state index is 4.73. The van der Waals surface area contributed by atoms with E-state index in [-0.39, 0.29) is 24.0 Å². The summed E-state index contributed by atoms with van der Waals surface area (Å²) < 4.78 is 0. The molecule has 1 aliphatic carbocycles. The van der Waals surface area contributed by atoms with E-state index in [1.165, 1.54) is 31.2 Å². The van der Waals surface area contributed by atoms with Gasteiger partial charge in [0.2, 0.25) is 0 Å². The van der Waals surface area contributed by atoms with Gasteiger partial charge in [-0.3, -0.25) is 4.99 Å². The van der Waals surface area contributed by atoms with E-state index in [9.17, 15) is 0 Å². The van der Waals surface area contributed by atoms with Crippen LogP contribution in [-0.2, 0) is 0 Å². The number of nitrogens with zero attached hydrogens (tertiary/aromatic N) is 1. The lowest BCUT2D eigenvalue weighted by Gasteiger charge is -2.17. The van der Waals surface area contributed by atoms with Gasteiger partial charge in [-0.05, 0) is 42.2 Å². The van der Waals surface area contributed by atoms with Gasteiger partial charge >= 0.3 is 0 Å². The first-order chi connectivity index (χ1) is 9.29. The average molecular weight is 407 g/mol. The Kier molecular flexibility index (Phi) is 8.52. The van der Waals surface area contributed by atoms with E-state index >= 15 is 0 Å². The minimum Gasteiger partial charge on any atom is -0.357 e. The fourth-order valence-electron chi connectivity index (χ4n) is 2.47. The van der Waals surface area contributed by atoms with Crippen molar-refractivity contribution in [2.75, 3.05) is 13.1 Å². The maximum absolute atomic E-state index is 4.73. The van der Waals surface area contributed by atoms with Crippen molar-refractivity contribution >= 4 is 41.3 Å². The summed E-state index contributed by atoms with van der Waals surface area (Å²) in [7, 11) is 0. The number of guanidine groups is 1. The first kappa shape index (κ1) is 17.8. The molecule has 20 heavy (non-hydrogen) atoms. The van der Waals surface area contributed by atoms with E-state index in [1.54, 1.807) is 11.3 Å². The van der Waals surface area contributed by atoms with Crippen LogP contribution in [0.3, 0.4) is 0 Å². The lowest BCUT2D eigenvalue weighted by Crippen LogP contribution is -2.42. The third-order valence-corrected chi connectivity index (χ3v) is 4.38. The highest BCUT2D eigenvalue weighted by Crippen LogP contribution is 2.19. The van der Waals surface area contributed by atoms with Crippen LogP contribution in [-0.4, -0.2) is 25.1 Å². The van der Waals surface area contributed by atoms with Gasteiger partial charge in [-0.1, -0.05) is 19.8 Å². The Labute approximate surface area is 143 Å². The molecule has 1 unspecified atom stereocenters. The molecule has 114 valence electrons. The van der Waals surface area contributed by atoms with Gasteiger partial charge in [0.1, 0.15) is 0 Å². The molecule has 1 aromatic rings. The molecule has 1 fully saturated rings. The van der Waals surface area contributed by atoms with Crippen LogP contribution in [0.2, 0.25) is 0 Å². The molecule has 1 heterocycles. The second-order valence-corrected chi connectivity index (χ2v) is 6.08. The second-order valence-electron chi connectivity index (χ2n) is 5.30. The largest absolute Gasteiger partial charge is 0.357 e. The summed E-state index contributed by atoms with van der Waals surface area (Å²) >= 11 is 1.76. The van der Waals surface area contributed by atoms with Gasteiger partial charge in [0.05, 0.1) is 0 Å². The third-order valence-electron chi connectivity index (χ3n) is 3.68. The first-order valence-electron chi connectivity index (χ1n) is 7.36. The zero-order valence-corrected chi connectivity index (χ0v) is 15.5. The number of hydrogen-bond donors (Lipinski definition) is 2. The molecule has 2 N–H and O–H groups in total. The predicted molar refractivity (Wildman–Crippen MR) is 99.5 cm³/mol. The molecule has 1 aliphatic rings. The molecule has 2 rings (SSSR count).